The number of fused-ring (bicyclic) bond motifs is 9. The molecule has 10 rings (SSSR count). The molecular weight excluding hydrogens is 544 g/mol. The van der Waals surface area contributed by atoms with Crippen LogP contribution in [0.3, 0.4) is 0 Å². The zero-order chi connectivity index (χ0) is 29.6. The van der Waals surface area contributed by atoms with Crippen molar-refractivity contribution in [1.82, 2.24) is 8.97 Å². The van der Waals surface area contributed by atoms with Crippen LogP contribution in [0.2, 0.25) is 0 Å². The predicted molar refractivity (Wildman–Crippen MR) is 191 cm³/mol. The largest absolute Gasteiger partial charge is 0.344 e. The molecular formula is C43H28N2. The van der Waals surface area contributed by atoms with Gasteiger partial charge < -0.3 is 8.97 Å². The zero-order valence-corrected chi connectivity index (χ0v) is 24.8. The lowest BCUT2D eigenvalue weighted by molar-refractivity contribution is 1.01. The molecule has 0 saturated heterocycles. The van der Waals surface area contributed by atoms with Crippen molar-refractivity contribution in [2.75, 3.05) is 0 Å². The van der Waals surface area contributed by atoms with E-state index in [0.717, 1.165) is 0 Å². The van der Waals surface area contributed by atoms with Gasteiger partial charge in [-0.3, -0.25) is 0 Å². The summed E-state index contributed by atoms with van der Waals surface area (Å²) >= 11 is 0. The van der Waals surface area contributed by atoms with E-state index >= 15 is 0 Å². The molecule has 2 heteroatoms. The van der Waals surface area contributed by atoms with Crippen LogP contribution in [0.1, 0.15) is 0 Å². The summed E-state index contributed by atoms with van der Waals surface area (Å²) in [7, 11) is 2.17. The van der Waals surface area contributed by atoms with Crippen LogP contribution in [-0.4, -0.2) is 8.97 Å². The summed E-state index contributed by atoms with van der Waals surface area (Å²) in [6, 6.07) is 55.8. The van der Waals surface area contributed by atoms with Gasteiger partial charge in [0.15, 0.2) is 0 Å². The summed E-state index contributed by atoms with van der Waals surface area (Å²) in [5, 5.41) is 7.82. The minimum absolute atomic E-state index is 1.23. The van der Waals surface area contributed by atoms with Gasteiger partial charge in [-0.25, -0.2) is 0 Å². The minimum Gasteiger partial charge on any atom is -0.344 e. The third-order valence-electron chi connectivity index (χ3n) is 9.89. The van der Waals surface area contributed by atoms with E-state index in [1.807, 2.05) is 0 Å². The van der Waals surface area contributed by atoms with Gasteiger partial charge >= 0.3 is 0 Å². The Morgan fingerprint density at radius 1 is 0.311 bits per heavy atom. The molecule has 10 aromatic rings. The molecule has 3 heterocycles. The van der Waals surface area contributed by atoms with Crippen LogP contribution in [0, 0.1) is 0 Å². The first kappa shape index (κ1) is 24.6. The zero-order valence-electron chi connectivity index (χ0n) is 24.8. The lowest BCUT2D eigenvalue weighted by atomic mass is 9.98. The van der Waals surface area contributed by atoms with Gasteiger partial charge in [0.2, 0.25) is 0 Å². The molecule has 0 aliphatic carbocycles. The number of benzene rings is 7. The van der Waals surface area contributed by atoms with Gasteiger partial charge in [0.1, 0.15) is 0 Å². The normalized spacial score (nSPS) is 12.1. The van der Waals surface area contributed by atoms with Crippen molar-refractivity contribution in [3.63, 3.8) is 0 Å². The fraction of sp³-hybridized carbons (Fsp3) is 0.0233. The highest BCUT2D eigenvalue weighted by Gasteiger charge is 2.18. The van der Waals surface area contributed by atoms with Gasteiger partial charge in [0, 0.05) is 50.4 Å². The molecule has 0 bridgehead atoms. The smallest absolute Gasteiger partial charge is 0.0620 e. The molecule has 0 radical (unpaired) electrons. The summed E-state index contributed by atoms with van der Waals surface area (Å²) in [6.07, 6.45) is 0. The predicted octanol–water partition coefficient (Wildman–Crippen LogP) is 11.5. The first-order valence-electron chi connectivity index (χ1n) is 15.6. The van der Waals surface area contributed by atoms with Crippen LogP contribution in [0.25, 0.3) is 93.3 Å². The van der Waals surface area contributed by atoms with Crippen LogP contribution in [0.4, 0.5) is 0 Å². The summed E-state index contributed by atoms with van der Waals surface area (Å²) in [4.78, 5) is 0. The van der Waals surface area contributed by atoms with Gasteiger partial charge in [-0.15, -0.1) is 0 Å². The fourth-order valence-corrected chi connectivity index (χ4v) is 7.67. The van der Waals surface area contributed by atoms with Crippen LogP contribution < -0.4 is 0 Å². The van der Waals surface area contributed by atoms with Crippen molar-refractivity contribution in [3.05, 3.63) is 152 Å². The van der Waals surface area contributed by atoms with E-state index in [2.05, 4.69) is 168 Å². The van der Waals surface area contributed by atoms with Crippen LogP contribution in [0.15, 0.2) is 152 Å². The highest BCUT2D eigenvalue weighted by molar-refractivity contribution is 6.23. The molecule has 0 aliphatic rings. The topological polar surface area (TPSA) is 9.34 Å². The third-order valence-corrected chi connectivity index (χ3v) is 9.89. The third kappa shape index (κ3) is 3.45. The number of aromatic nitrogens is 2. The second kappa shape index (κ2) is 9.07. The first-order valence-corrected chi connectivity index (χ1v) is 15.6. The number of para-hydroxylation sites is 2. The molecule has 0 saturated carbocycles. The van der Waals surface area contributed by atoms with E-state index in [4.69, 9.17) is 0 Å². The maximum Gasteiger partial charge on any atom is 0.0620 e. The molecule has 0 fully saturated rings. The quantitative estimate of drug-likeness (QED) is 0.199. The SMILES string of the molecule is Cn1c2ccc(-c3ccc(-c4ccccc4)cc3)cc2c2cc(-c3ccc4c5cccc6c7ccccc7n(c4c3)c65)ccc21. The van der Waals surface area contributed by atoms with Crippen LogP contribution in [-0.2, 0) is 7.05 Å². The summed E-state index contributed by atoms with van der Waals surface area (Å²) in [5.41, 5.74) is 13.8. The Morgan fingerprint density at radius 3 is 1.51 bits per heavy atom. The van der Waals surface area contributed by atoms with E-state index in [1.165, 1.54) is 93.3 Å². The van der Waals surface area contributed by atoms with Crippen molar-refractivity contribution in [2.45, 2.75) is 0 Å². The number of nitrogens with zero attached hydrogens (tertiary/aromatic N) is 2. The lowest BCUT2D eigenvalue weighted by Gasteiger charge is -2.06. The Kier molecular flexibility index (Phi) is 4.95. The van der Waals surface area contributed by atoms with Crippen LogP contribution >= 0.6 is 0 Å². The van der Waals surface area contributed by atoms with Crippen molar-refractivity contribution in [1.29, 1.82) is 0 Å². The van der Waals surface area contributed by atoms with E-state index < -0.39 is 0 Å². The first-order chi connectivity index (χ1) is 22.2. The molecule has 45 heavy (non-hydrogen) atoms. The number of rotatable bonds is 3. The highest BCUT2D eigenvalue weighted by Crippen LogP contribution is 2.41. The number of hydrogen-bond acceptors (Lipinski definition) is 0. The molecule has 0 aliphatic heterocycles. The lowest BCUT2D eigenvalue weighted by Crippen LogP contribution is -1.87. The molecule has 7 aromatic carbocycles. The molecule has 0 amide bonds. The second-order valence-electron chi connectivity index (χ2n) is 12.3. The molecule has 210 valence electrons. The van der Waals surface area contributed by atoms with Gasteiger partial charge in [0.05, 0.1) is 16.6 Å². The Balaban J connectivity index is 1.13. The van der Waals surface area contributed by atoms with Crippen LogP contribution in [0.5, 0.6) is 0 Å². The van der Waals surface area contributed by atoms with Crippen molar-refractivity contribution >= 4 is 59.9 Å². The van der Waals surface area contributed by atoms with E-state index in [-0.39, 0.29) is 0 Å². The molecule has 3 aromatic heterocycles. The van der Waals surface area contributed by atoms with Crippen molar-refractivity contribution in [2.24, 2.45) is 7.05 Å². The Morgan fingerprint density at radius 2 is 0.800 bits per heavy atom. The Hall–Kier alpha value is -5.86. The molecule has 2 nitrogen and oxygen atoms in total. The van der Waals surface area contributed by atoms with Gasteiger partial charge in [-0.1, -0.05) is 115 Å². The maximum absolute atomic E-state index is 2.46. The van der Waals surface area contributed by atoms with E-state index in [0.29, 0.717) is 0 Å². The monoisotopic (exact) mass is 572 g/mol. The summed E-state index contributed by atoms with van der Waals surface area (Å²) < 4.78 is 4.78. The number of aryl methyl sites for hydroxylation is 1. The van der Waals surface area contributed by atoms with Crippen molar-refractivity contribution in [3.8, 4) is 33.4 Å². The molecule has 0 unspecified atom stereocenters. The average molecular weight is 573 g/mol. The highest BCUT2D eigenvalue weighted by atomic mass is 14.9. The van der Waals surface area contributed by atoms with Gasteiger partial charge in [-0.2, -0.15) is 0 Å². The second-order valence-corrected chi connectivity index (χ2v) is 12.3. The Labute approximate surface area is 260 Å². The van der Waals surface area contributed by atoms with Gasteiger partial charge in [-0.05, 0) is 69.8 Å². The minimum atomic E-state index is 1.23. The number of hydrogen-bond donors (Lipinski definition) is 0. The summed E-state index contributed by atoms with van der Waals surface area (Å²) in [6.45, 7) is 0. The van der Waals surface area contributed by atoms with Crippen molar-refractivity contribution < 1.29 is 0 Å². The van der Waals surface area contributed by atoms with E-state index in [9.17, 15) is 0 Å². The summed E-state index contributed by atoms with van der Waals surface area (Å²) in [5.74, 6) is 0. The van der Waals surface area contributed by atoms with Gasteiger partial charge in [0.25, 0.3) is 0 Å². The fourth-order valence-electron chi connectivity index (χ4n) is 7.67. The molecule has 0 spiro atoms. The molecule has 0 atom stereocenters. The standard InChI is InChI=1S/C43H28N2/c1-44-39-22-19-30(29-16-14-28(15-17-29)27-8-3-2-4-9-27)24-37(39)38-25-31(20-23-40(38)44)32-18-21-34-36-12-7-11-35-33-10-5-6-13-41(33)45(43(35)36)42(34)26-32/h2-26H,1H3. The average Bonchev–Trinajstić information content (AvgIpc) is 3.73. The molecule has 0 N–H and O–H groups in total. The maximum atomic E-state index is 2.46. The Bertz CT molecular complexity index is 2740. The van der Waals surface area contributed by atoms with E-state index in [1.54, 1.807) is 0 Å².